The third-order valence-corrected chi connectivity index (χ3v) is 6.21. The van der Waals surface area contributed by atoms with E-state index in [0.29, 0.717) is 43.3 Å². The van der Waals surface area contributed by atoms with Crippen molar-refractivity contribution < 1.29 is 14.3 Å². The lowest BCUT2D eigenvalue weighted by Crippen LogP contribution is -2.42. The van der Waals surface area contributed by atoms with Crippen LogP contribution in [0.3, 0.4) is 0 Å². The molecule has 2 aromatic rings. The first-order valence-electron chi connectivity index (χ1n) is 12.0. The van der Waals surface area contributed by atoms with Crippen molar-refractivity contribution in [3.05, 3.63) is 64.7 Å². The number of benzene rings is 2. The standard InChI is InChI=1S/C28H36N2O3/c1-4-32-27(31)13-11-21-10-12-25(20-29)26(18-21)33-15-7-14-30-28(2,3)19-22-16-23-8-5-6-9-24(23)17-22/h5-6,8-10,12,18,22,30H,4,7,11,13-17,19H2,1-3H3. The van der Waals surface area contributed by atoms with Crippen LogP contribution < -0.4 is 10.1 Å². The maximum absolute atomic E-state index is 11.6. The van der Waals surface area contributed by atoms with Crippen LogP contribution in [0.4, 0.5) is 0 Å². The number of nitrogens with one attached hydrogen (secondary N) is 1. The molecule has 1 N–H and O–H groups in total. The molecular weight excluding hydrogens is 412 g/mol. The first-order valence-corrected chi connectivity index (χ1v) is 12.0. The van der Waals surface area contributed by atoms with Crippen molar-refractivity contribution in [2.24, 2.45) is 5.92 Å². The highest BCUT2D eigenvalue weighted by Gasteiger charge is 2.27. The summed E-state index contributed by atoms with van der Waals surface area (Å²) in [6.07, 6.45) is 5.24. The van der Waals surface area contributed by atoms with Crippen LogP contribution >= 0.6 is 0 Å². The fourth-order valence-electron chi connectivity index (χ4n) is 4.68. The second kappa shape index (κ2) is 11.9. The SMILES string of the molecule is CCOC(=O)CCc1ccc(C#N)c(OCCCNC(C)(C)CC2Cc3ccccc3C2)c1. The van der Waals surface area contributed by atoms with Gasteiger partial charge in [-0.2, -0.15) is 5.26 Å². The summed E-state index contributed by atoms with van der Waals surface area (Å²) in [5.74, 6) is 1.07. The maximum atomic E-state index is 11.6. The van der Waals surface area contributed by atoms with Gasteiger partial charge in [0.2, 0.25) is 0 Å². The first kappa shape index (κ1) is 24.8. The summed E-state index contributed by atoms with van der Waals surface area (Å²) in [5.41, 5.74) is 4.56. The minimum absolute atomic E-state index is 0.0670. The third-order valence-electron chi connectivity index (χ3n) is 6.21. The zero-order valence-corrected chi connectivity index (χ0v) is 20.2. The molecule has 1 aliphatic rings. The zero-order valence-electron chi connectivity index (χ0n) is 20.2. The van der Waals surface area contributed by atoms with Crippen LogP contribution in [0.1, 0.15) is 62.3 Å². The Bertz CT molecular complexity index is 952. The molecule has 33 heavy (non-hydrogen) atoms. The Morgan fingerprint density at radius 3 is 2.58 bits per heavy atom. The van der Waals surface area contributed by atoms with Crippen LogP contribution in [0.25, 0.3) is 0 Å². The first-order chi connectivity index (χ1) is 15.9. The van der Waals surface area contributed by atoms with Gasteiger partial charge in [0.05, 0.1) is 18.8 Å². The number of ether oxygens (including phenoxy) is 2. The topological polar surface area (TPSA) is 71.4 Å². The van der Waals surface area contributed by atoms with Gasteiger partial charge >= 0.3 is 5.97 Å². The molecule has 5 nitrogen and oxygen atoms in total. The molecule has 2 aromatic carbocycles. The van der Waals surface area contributed by atoms with Gasteiger partial charge in [-0.3, -0.25) is 4.79 Å². The second-order valence-corrected chi connectivity index (χ2v) is 9.51. The van der Waals surface area contributed by atoms with Crippen LogP contribution in [0.2, 0.25) is 0 Å². The van der Waals surface area contributed by atoms with Crippen LogP contribution in [-0.4, -0.2) is 31.3 Å². The van der Waals surface area contributed by atoms with Crippen molar-refractivity contribution in [2.75, 3.05) is 19.8 Å². The van der Waals surface area contributed by atoms with E-state index in [0.717, 1.165) is 24.9 Å². The summed E-state index contributed by atoms with van der Waals surface area (Å²) in [7, 11) is 0. The Labute approximate surface area is 198 Å². The summed E-state index contributed by atoms with van der Waals surface area (Å²) in [6, 6.07) is 16.5. The Balaban J connectivity index is 1.41. The van der Waals surface area contributed by atoms with Gasteiger partial charge in [0.25, 0.3) is 0 Å². The van der Waals surface area contributed by atoms with E-state index in [2.05, 4.69) is 49.5 Å². The number of nitriles is 1. The fourth-order valence-corrected chi connectivity index (χ4v) is 4.68. The lowest BCUT2D eigenvalue weighted by atomic mass is 9.88. The molecule has 0 saturated heterocycles. The number of fused-ring (bicyclic) bond motifs is 1. The van der Waals surface area contributed by atoms with E-state index in [1.165, 1.54) is 24.0 Å². The van der Waals surface area contributed by atoms with Gasteiger partial charge in [-0.25, -0.2) is 0 Å². The van der Waals surface area contributed by atoms with Crippen molar-refractivity contribution in [3.8, 4) is 11.8 Å². The smallest absolute Gasteiger partial charge is 0.306 e. The Kier molecular flexibility index (Phi) is 8.91. The van der Waals surface area contributed by atoms with Gasteiger partial charge in [-0.1, -0.05) is 30.3 Å². The average Bonchev–Trinajstić information content (AvgIpc) is 3.19. The number of rotatable bonds is 12. The molecule has 0 unspecified atom stereocenters. The molecular formula is C28H36N2O3. The molecule has 0 radical (unpaired) electrons. The van der Waals surface area contributed by atoms with Crippen LogP contribution in [0, 0.1) is 17.2 Å². The molecule has 0 atom stereocenters. The Morgan fingerprint density at radius 1 is 1.18 bits per heavy atom. The molecule has 0 amide bonds. The number of hydrogen-bond donors (Lipinski definition) is 1. The number of nitrogens with zero attached hydrogens (tertiary/aromatic N) is 1. The quantitative estimate of drug-likeness (QED) is 0.366. The van der Waals surface area contributed by atoms with Crippen molar-refractivity contribution in [2.45, 2.75) is 64.8 Å². The van der Waals surface area contributed by atoms with Crippen molar-refractivity contribution in [1.82, 2.24) is 5.32 Å². The molecule has 3 rings (SSSR count). The number of aryl methyl sites for hydroxylation is 1. The minimum Gasteiger partial charge on any atom is -0.492 e. The van der Waals surface area contributed by atoms with E-state index in [1.807, 2.05) is 12.1 Å². The molecule has 0 bridgehead atoms. The summed E-state index contributed by atoms with van der Waals surface area (Å²) < 4.78 is 10.9. The largest absolute Gasteiger partial charge is 0.492 e. The Hall–Kier alpha value is -2.84. The highest BCUT2D eigenvalue weighted by molar-refractivity contribution is 5.69. The second-order valence-electron chi connectivity index (χ2n) is 9.51. The van der Waals surface area contributed by atoms with Crippen LogP contribution in [-0.2, 0) is 28.8 Å². The van der Waals surface area contributed by atoms with E-state index in [4.69, 9.17) is 9.47 Å². The highest BCUT2D eigenvalue weighted by Crippen LogP contribution is 2.31. The number of esters is 1. The third kappa shape index (κ3) is 7.61. The Morgan fingerprint density at radius 2 is 1.91 bits per heavy atom. The predicted octanol–water partition coefficient (Wildman–Crippen LogP) is 5.00. The average molecular weight is 449 g/mol. The van der Waals surface area contributed by atoms with Gasteiger partial charge in [-0.15, -0.1) is 0 Å². The monoisotopic (exact) mass is 448 g/mol. The molecule has 0 aromatic heterocycles. The lowest BCUT2D eigenvalue weighted by molar-refractivity contribution is -0.143. The molecule has 0 saturated carbocycles. The number of carbonyl (C=O) groups excluding carboxylic acids is 1. The fraction of sp³-hybridized carbons (Fsp3) is 0.500. The van der Waals surface area contributed by atoms with Gasteiger partial charge in [0.15, 0.2) is 0 Å². The molecule has 0 fully saturated rings. The number of carbonyl (C=O) groups is 1. The predicted molar refractivity (Wildman–Crippen MR) is 130 cm³/mol. The van der Waals surface area contributed by atoms with Crippen molar-refractivity contribution in [3.63, 3.8) is 0 Å². The molecule has 0 spiro atoms. The maximum Gasteiger partial charge on any atom is 0.306 e. The van der Waals surface area contributed by atoms with Crippen molar-refractivity contribution in [1.29, 1.82) is 5.26 Å². The summed E-state index contributed by atoms with van der Waals surface area (Å²) in [4.78, 5) is 11.6. The van der Waals surface area contributed by atoms with Crippen LogP contribution in [0.15, 0.2) is 42.5 Å². The van der Waals surface area contributed by atoms with E-state index in [9.17, 15) is 10.1 Å². The summed E-state index contributed by atoms with van der Waals surface area (Å²) in [6.45, 7) is 8.13. The van der Waals surface area contributed by atoms with E-state index >= 15 is 0 Å². The lowest BCUT2D eigenvalue weighted by Gasteiger charge is -2.29. The summed E-state index contributed by atoms with van der Waals surface area (Å²) in [5, 5.41) is 13.1. The highest BCUT2D eigenvalue weighted by atomic mass is 16.5. The molecule has 0 heterocycles. The normalized spacial score (nSPS) is 13.4. The van der Waals surface area contributed by atoms with E-state index in [-0.39, 0.29) is 11.5 Å². The van der Waals surface area contributed by atoms with Gasteiger partial charge in [-0.05, 0) is 94.2 Å². The van der Waals surface area contributed by atoms with E-state index in [1.54, 1.807) is 13.0 Å². The number of hydrogen-bond acceptors (Lipinski definition) is 5. The minimum atomic E-state index is -0.209. The van der Waals surface area contributed by atoms with Gasteiger partial charge in [0.1, 0.15) is 11.8 Å². The molecule has 176 valence electrons. The summed E-state index contributed by atoms with van der Waals surface area (Å²) >= 11 is 0. The van der Waals surface area contributed by atoms with E-state index < -0.39 is 0 Å². The van der Waals surface area contributed by atoms with Gasteiger partial charge in [0, 0.05) is 12.0 Å². The van der Waals surface area contributed by atoms with Gasteiger partial charge < -0.3 is 14.8 Å². The van der Waals surface area contributed by atoms with Crippen molar-refractivity contribution >= 4 is 5.97 Å². The zero-order chi connectivity index (χ0) is 23.7. The molecule has 0 aliphatic heterocycles. The molecule has 1 aliphatic carbocycles. The van der Waals surface area contributed by atoms with Crippen LogP contribution in [0.5, 0.6) is 5.75 Å². The molecule has 5 heteroatoms.